The van der Waals surface area contributed by atoms with Crippen LogP contribution in [0.25, 0.3) is 6.08 Å². The molecular formula is C17H15ClF2IN4OP. The molecule has 1 atom stereocenters. The lowest BCUT2D eigenvalue weighted by molar-refractivity contribution is -0.114. The van der Waals surface area contributed by atoms with E-state index in [1.807, 2.05) is 22.0 Å². The number of carbonyl (C=O) groups is 1. The number of halogens is 4. The lowest BCUT2D eigenvalue weighted by Crippen LogP contribution is -2.14. The van der Waals surface area contributed by atoms with E-state index in [9.17, 15) is 13.6 Å². The molecule has 0 radical (unpaired) electrons. The highest BCUT2D eigenvalue weighted by molar-refractivity contribution is 14.2. The number of benzene rings is 1. The van der Waals surface area contributed by atoms with Crippen molar-refractivity contribution in [1.82, 2.24) is 4.98 Å². The van der Waals surface area contributed by atoms with Crippen molar-refractivity contribution in [3.63, 3.8) is 0 Å². The smallest absolute Gasteiger partial charge is 0.284 e. The van der Waals surface area contributed by atoms with Crippen LogP contribution in [0.4, 0.5) is 20.2 Å². The van der Waals surface area contributed by atoms with Crippen LogP contribution in [-0.2, 0) is 4.79 Å². The fourth-order valence-corrected chi connectivity index (χ4v) is 3.58. The van der Waals surface area contributed by atoms with Crippen molar-refractivity contribution < 1.29 is 13.6 Å². The summed E-state index contributed by atoms with van der Waals surface area (Å²) in [5.41, 5.74) is 1.66. The first-order chi connectivity index (χ1) is 12.8. The standard InChI is InChI=1S/C17H15ClF2IN4OP/c1-8-12(18)7-23-9(2)15(8)24-17(26)13(19)5-10-3-4-11(6-22)16(14(10)20)25-27-21/h3-7,22,25,27H,1-2H3,(H,24,26)/b13-5-,22-6?. The molecule has 27 heavy (non-hydrogen) atoms. The van der Waals surface area contributed by atoms with Crippen LogP contribution in [0.3, 0.4) is 0 Å². The molecule has 10 heteroatoms. The van der Waals surface area contributed by atoms with Crippen LogP contribution in [0.5, 0.6) is 0 Å². The number of aryl methyl sites for hydroxylation is 1. The van der Waals surface area contributed by atoms with Gasteiger partial charge in [-0.1, -0.05) is 23.7 Å². The van der Waals surface area contributed by atoms with Gasteiger partial charge in [0.1, 0.15) is 0 Å². The number of amides is 1. The number of hydrogen-bond acceptors (Lipinski definition) is 4. The fourth-order valence-electron chi connectivity index (χ4n) is 2.28. The second-order valence-electron chi connectivity index (χ2n) is 5.43. The van der Waals surface area contributed by atoms with Gasteiger partial charge in [-0.05, 0) is 47.5 Å². The summed E-state index contributed by atoms with van der Waals surface area (Å²) in [5.74, 6) is -2.94. The van der Waals surface area contributed by atoms with Crippen LogP contribution < -0.4 is 10.4 Å². The summed E-state index contributed by atoms with van der Waals surface area (Å²) < 4.78 is 29.0. The molecule has 5 nitrogen and oxygen atoms in total. The van der Waals surface area contributed by atoms with Crippen LogP contribution >= 0.6 is 40.0 Å². The number of nitrogens with one attached hydrogen (secondary N) is 3. The van der Waals surface area contributed by atoms with Crippen molar-refractivity contribution >= 4 is 69.6 Å². The summed E-state index contributed by atoms with van der Waals surface area (Å²) in [6.45, 7) is 3.33. The minimum absolute atomic E-state index is 0.0884. The molecule has 1 unspecified atom stereocenters. The molecule has 0 bridgehead atoms. The van der Waals surface area contributed by atoms with E-state index in [2.05, 4.69) is 15.4 Å². The largest absolute Gasteiger partial charge is 0.356 e. The van der Waals surface area contributed by atoms with E-state index in [1.54, 1.807) is 13.8 Å². The van der Waals surface area contributed by atoms with Crippen LogP contribution in [0.2, 0.25) is 5.02 Å². The highest BCUT2D eigenvalue weighted by Crippen LogP contribution is 2.31. The molecule has 0 aliphatic rings. The predicted octanol–water partition coefficient (Wildman–Crippen LogP) is 5.79. The molecule has 0 fully saturated rings. The monoisotopic (exact) mass is 522 g/mol. The Morgan fingerprint density at radius 1 is 1.33 bits per heavy atom. The third-order valence-electron chi connectivity index (χ3n) is 3.74. The van der Waals surface area contributed by atoms with Crippen molar-refractivity contribution in [2.45, 2.75) is 13.8 Å². The molecule has 0 saturated carbocycles. The van der Waals surface area contributed by atoms with E-state index in [0.29, 0.717) is 27.5 Å². The molecule has 0 spiro atoms. The van der Waals surface area contributed by atoms with Gasteiger partial charge in [-0.25, -0.2) is 8.78 Å². The van der Waals surface area contributed by atoms with Gasteiger partial charge < -0.3 is 15.8 Å². The Bertz CT molecular complexity index is 940. The molecule has 1 amide bonds. The molecule has 1 aromatic carbocycles. The van der Waals surface area contributed by atoms with Gasteiger partial charge in [-0.3, -0.25) is 9.78 Å². The SMILES string of the molecule is Cc1ncc(Cl)c(C)c1NC(=O)/C(F)=C/c1ccc(C=N)c(NPI)c1F. The third kappa shape index (κ3) is 5.00. The number of carbonyl (C=O) groups excluding carboxylic acids is 1. The zero-order valence-corrected chi connectivity index (χ0v) is 18.2. The van der Waals surface area contributed by atoms with E-state index in [-0.39, 0.29) is 17.6 Å². The first kappa shape index (κ1) is 21.7. The maximum absolute atomic E-state index is 14.6. The molecule has 2 aromatic rings. The maximum Gasteiger partial charge on any atom is 0.284 e. The van der Waals surface area contributed by atoms with Crippen LogP contribution in [0, 0.1) is 25.1 Å². The van der Waals surface area contributed by atoms with Gasteiger partial charge in [0.25, 0.3) is 5.91 Å². The summed E-state index contributed by atoms with van der Waals surface area (Å²) in [4.78, 5) is 16.2. The first-order valence-electron chi connectivity index (χ1n) is 7.55. The number of rotatable bonds is 6. The normalized spacial score (nSPS) is 11.7. The summed E-state index contributed by atoms with van der Waals surface area (Å²) >= 11 is 7.99. The van der Waals surface area contributed by atoms with Gasteiger partial charge >= 0.3 is 0 Å². The Labute approximate surface area is 174 Å². The summed E-state index contributed by atoms with van der Waals surface area (Å²) in [7, 11) is 0. The quantitative estimate of drug-likeness (QED) is 0.194. The molecule has 0 saturated heterocycles. The lowest BCUT2D eigenvalue weighted by Gasteiger charge is -2.12. The summed E-state index contributed by atoms with van der Waals surface area (Å²) in [5, 5.41) is 12.9. The first-order valence-corrected chi connectivity index (χ1v) is 12.0. The Hall–Kier alpha value is -1.64. The van der Waals surface area contributed by atoms with Gasteiger partial charge in [-0.2, -0.15) is 0 Å². The summed E-state index contributed by atoms with van der Waals surface area (Å²) in [6, 6.07) is 2.78. The molecule has 1 heterocycles. The molecule has 2 rings (SSSR count). The van der Waals surface area contributed by atoms with Crippen LogP contribution in [-0.4, -0.2) is 17.1 Å². The number of hydrogen-bond donors (Lipinski definition) is 3. The van der Waals surface area contributed by atoms with Gasteiger partial charge in [0.15, 0.2) is 11.6 Å². The molecule has 1 aromatic heterocycles. The predicted molar refractivity (Wildman–Crippen MR) is 117 cm³/mol. The number of aromatic nitrogens is 1. The van der Waals surface area contributed by atoms with Gasteiger partial charge in [0.05, 0.1) is 22.1 Å². The van der Waals surface area contributed by atoms with Crippen LogP contribution in [0.15, 0.2) is 24.2 Å². The maximum atomic E-state index is 14.6. The molecule has 0 aliphatic heterocycles. The second kappa shape index (κ2) is 9.52. The van der Waals surface area contributed by atoms with Crippen LogP contribution in [0.1, 0.15) is 22.4 Å². The van der Waals surface area contributed by atoms with Gasteiger partial charge in [-0.15, -0.1) is 0 Å². The second-order valence-corrected chi connectivity index (χ2v) is 7.90. The van der Waals surface area contributed by atoms with E-state index in [4.69, 9.17) is 17.0 Å². The third-order valence-corrected chi connectivity index (χ3v) is 5.27. The Morgan fingerprint density at radius 3 is 2.63 bits per heavy atom. The average Bonchev–Trinajstić information content (AvgIpc) is 2.65. The zero-order valence-electron chi connectivity index (χ0n) is 14.3. The average molecular weight is 523 g/mol. The Kier molecular flexibility index (Phi) is 7.64. The molecule has 0 aliphatic carbocycles. The van der Waals surface area contributed by atoms with E-state index in [1.165, 1.54) is 18.3 Å². The molecule has 3 N–H and O–H groups in total. The minimum Gasteiger partial charge on any atom is -0.356 e. The fraction of sp³-hybridized carbons (Fsp3) is 0.118. The molecular weight excluding hydrogens is 508 g/mol. The van der Waals surface area contributed by atoms with Gasteiger partial charge in [0.2, 0.25) is 0 Å². The number of pyridine rings is 1. The number of nitrogens with zero attached hydrogens (tertiary/aromatic N) is 1. The highest BCUT2D eigenvalue weighted by atomic mass is 127. The van der Waals surface area contributed by atoms with Gasteiger partial charge in [0, 0.05) is 29.9 Å². The minimum atomic E-state index is -1.17. The Balaban J connectivity index is 2.35. The van der Waals surface area contributed by atoms with E-state index >= 15 is 0 Å². The summed E-state index contributed by atoms with van der Waals surface area (Å²) in [6.07, 6.45) is 3.40. The molecule has 142 valence electrons. The highest BCUT2D eigenvalue weighted by Gasteiger charge is 2.17. The van der Waals surface area contributed by atoms with Crippen molar-refractivity contribution in [2.75, 3.05) is 10.4 Å². The van der Waals surface area contributed by atoms with Crippen molar-refractivity contribution in [1.29, 1.82) is 5.41 Å². The van der Waals surface area contributed by atoms with E-state index in [0.717, 1.165) is 12.3 Å². The van der Waals surface area contributed by atoms with Crippen molar-refractivity contribution in [2.24, 2.45) is 0 Å². The number of anilines is 2. The Morgan fingerprint density at radius 2 is 2.00 bits per heavy atom. The topological polar surface area (TPSA) is 77.9 Å². The lowest BCUT2D eigenvalue weighted by atomic mass is 10.1. The van der Waals surface area contributed by atoms with Crippen molar-refractivity contribution in [3.8, 4) is 0 Å². The van der Waals surface area contributed by atoms with Crippen molar-refractivity contribution in [3.05, 3.63) is 57.4 Å². The zero-order chi connectivity index (χ0) is 20.1. The van der Waals surface area contributed by atoms with E-state index < -0.39 is 17.6 Å².